The Morgan fingerprint density at radius 3 is 1.30 bits per heavy atom. The Bertz CT molecular complexity index is 2430. The van der Waals surface area contributed by atoms with Crippen molar-refractivity contribution in [2.75, 3.05) is 0 Å². The smallest absolute Gasteiger partial charge is 0.139 e. The third kappa shape index (κ3) is 4.60. The molecule has 0 amide bonds. The van der Waals surface area contributed by atoms with Crippen LogP contribution < -0.4 is 27.3 Å². The van der Waals surface area contributed by atoms with Crippen molar-refractivity contribution in [1.82, 2.24) is 9.55 Å². The molecule has 1 heterocycles. The highest BCUT2D eigenvalue weighted by molar-refractivity contribution is 6.68. The first-order chi connectivity index (χ1) is 22.8. The maximum Gasteiger partial charge on any atom is 0.139 e. The molecule has 1 aromatic heterocycles. The van der Waals surface area contributed by atoms with E-state index < -0.39 is 0 Å². The Morgan fingerprint density at radius 2 is 0.809 bits per heavy atom. The Kier molecular flexibility index (Phi) is 7.02. The van der Waals surface area contributed by atoms with E-state index in [9.17, 15) is 0 Å². The molecule has 0 radical (unpaired) electrons. The number of rotatable bonds is 4. The van der Waals surface area contributed by atoms with Crippen LogP contribution in [0.2, 0.25) is 0 Å². The Hall–Kier alpha value is -5.15. The van der Waals surface area contributed by atoms with Gasteiger partial charge in [0.1, 0.15) is 45.1 Å². The lowest BCUT2D eigenvalue weighted by molar-refractivity contribution is 1.00. The first-order valence-corrected chi connectivity index (χ1v) is 16.5. The number of benzene rings is 7. The largest absolute Gasteiger partial charge is 0.297 e. The minimum atomic E-state index is 0.989. The first-order valence-electron chi connectivity index (χ1n) is 16.5. The van der Waals surface area contributed by atoms with Crippen molar-refractivity contribution in [3.05, 3.63) is 127 Å². The molecule has 0 N–H and O–H groups in total. The normalized spacial score (nSPS) is 11.5. The Morgan fingerprint density at radius 1 is 0.426 bits per heavy atom. The third-order valence-electron chi connectivity index (χ3n) is 10.5. The minimum Gasteiger partial charge on any atom is -0.297 e. The van der Waals surface area contributed by atoms with Crippen LogP contribution in [0.1, 0.15) is 5.82 Å². The number of fused-ring (bicyclic) bond motifs is 3. The summed E-state index contributed by atoms with van der Waals surface area (Å²) >= 11 is 0. The molecule has 218 valence electrons. The second-order valence-corrected chi connectivity index (χ2v) is 12.9. The van der Waals surface area contributed by atoms with Crippen LogP contribution in [0.3, 0.4) is 0 Å². The van der Waals surface area contributed by atoms with Gasteiger partial charge in [0.05, 0.1) is 11.0 Å². The number of nitrogens with zero attached hydrogens (tertiary/aromatic N) is 2. The van der Waals surface area contributed by atoms with Crippen molar-refractivity contribution in [2.45, 2.75) is 6.92 Å². The predicted octanol–water partition coefficient (Wildman–Crippen LogP) is 1.93. The molecule has 0 saturated carbocycles. The van der Waals surface area contributed by atoms with Crippen LogP contribution >= 0.6 is 0 Å². The lowest BCUT2D eigenvalue weighted by Crippen LogP contribution is -2.55. The van der Waals surface area contributed by atoms with Crippen LogP contribution in [0.4, 0.5) is 0 Å². The second kappa shape index (κ2) is 11.3. The molecule has 0 unspecified atom stereocenters. The van der Waals surface area contributed by atoms with Crippen molar-refractivity contribution < 1.29 is 0 Å². The molecule has 47 heavy (non-hydrogen) atoms. The van der Waals surface area contributed by atoms with E-state index in [2.05, 4.69) is 166 Å². The molecule has 7 aromatic carbocycles. The van der Waals surface area contributed by atoms with Gasteiger partial charge in [-0.15, -0.1) is 16.4 Å². The van der Waals surface area contributed by atoms with E-state index >= 15 is 0 Å². The molecule has 0 spiro atoms. The standard InChI is InChI=1S/C40H33B5N2/c1-22-46-31-12-6-7-13-32(31)47(22)26-20-18-24(19-21-26)34-29-10-4-2-8-27(29)33(28-9-3-5-11-30(28)34)23-14-16-25(17-15-23)35-36(41)38(43)40(45)39(44)37(35)42/h2-21H,41-45H2,1H3. The predicted molar refractivity (Wildman–Crippen MR) is 218 cm³/mol. The van der Waals surface area contributed by atoms with Gasteiger partial charge in [0.15, 0.2) is 0 Å². The van der Waals surface area contributed by atoms with E-state index in [0.29, 0.717) is 0 Å². The molecular weight excluding hydrogens is 563 g/mol. The zero-order valence-corrected chi connectivity index (χ0v) is 27.9. The lowest BCUT2D eigenvalue weighted by Gasteiger charge is -2.21. The average molecular weight is 596 g/mol. The summed E-state index contributed by atoms with van der Waals surface area (Å²) < 4.78 is 2.24. The van der Waals surface area contributed by atoms with Gasteiger partial charge in [0, 0.05) is 5.69 Å². The summed E-state index contributed by atoms with van der Waals surface area (Å²) in [5, 5.41) is 5.06. The van der Waals surface area contributed by atoms with Gasteiger partial charge in [-0.05, 0) is 86.1 Å². The van der Waals surface area contributed by atoms with E-state index in [1.807, 2.05) is 6.07 Å². The molecule has 0 fully saturated rings. The fraction of sp³-hybridized carbons (Fsp3) is 0.0250. The van der Waals surface area contributed by atoms with Crippen molar-refractivity contribution in [3.63, 3.8) is 0 Å². The SMILES string of the molecule is Bc1c(B)c(B)c(-c2ccc(-c3c4ccccc4c(-c4ccc(-n5c(C)nc6ccccc65)cc4)c4ccccc34)cc2)c(B)c1B. The van der Waals surface area contributed by atoms with Gasteiger partial charge in [0.2, 0.25) is 0 Å². The number of imidazole rings is 1. The summed E-state index contributed by atoms with van der Waals surface area (Å²) in [7, 11) is 11.3. The summed E-state index contributed by atoms with van der Waals surface area (Å²) in [5.74, 6) is 0.989. The van der Waals surface area contributed by atoms with Gasteiger partial charge < -0.3 is 0 Å². The summed E-state index contributed by atoms with van der Waals surface area (Å²) in [5.41, 5.74) is 17.8. The van der Waals surface area contributed by atoms with E-state index in [1.165, 1.54) is 82.2 Å². The van der Waals surface area contributed by atoms with Crippen LogP contribution in [0, 0.1) is 6.92 Å². The third-order valence-corrected chi connectivity index (χ3v) is 10.5. The first kappa shape index (κ1) is 29.3. The lowest BCUT2D eigenvalue weighted by atomic mass is 9.59. The molecule has 0 aliphatic heterocycles. The van der Waals surface area contributed by atoms with Crippen molar-refractivity contribution in [2.24, 2.45) is 0 Å². The maximum atomic E-state index is 4.80. The fourth-order valence-electron chi connectivity index (χ4n) is 7.74. The van der Waals surface area contributed by atoms with Crippen molar-refractivity contribution in [3.8, 4) is 39.1 Å². The zero-order valence-electron chi connectivity index (χ0n) is 27.9. The second-order valence-electron chi connectivity index (χ2n) is 12.9. The maximum absolute atomic E-state index is 4.80. The van der Waals surface area contributed by atoms with E-state index in [-0.39, 0.29) is 0 Å². The van der Waals surface area contributed by atoms with E-state index in [1.54, 1.807) is 0 Å². The molecule has 0 saturated heterocycles. The molecule has 0 aliphatic carbocycles. The molecule has 0 atom stereocenters. The highest BCUT2D eigenvalue weighted by Gasteiger charge is 2.18. The van der Waals surface area contributed by atoms with Gasteiger partial charge in [-0.3, -0.25) is 4.57 Å². The summed E-state index contributed by atoms with van der Waals surface area (Å²) in [4.78, 5) is 4.80. The van der Waals surface area contributed by atoms with Crippen molar-refractivity contribution >= 4 is 99.1 Å². The van der Waals surface area contributed by atoms with Crippen LogP contribution in [-0.4, -0.2) is 48.8 Å². The van der Waals surface area contributed by atoms with E-state index in [4.69, 9.17) is 4.98 Å². The van der Waals surface area contributed by atoms with Gasteiger partial charge in [-0.2, -0.15) is 0 Å². The molecule has 0 bridgehead atoms. The van der Waals surface area contributed by atoms with Crippen LogP contribution in [0.15, 0.2) is 121 Å². The average Bonchev–Trinajstić information content (AvgIpc) is 3.45. The molecule has 0 aliphatic rings. The highest BCUT2D eigenvalue weighted by Crippen LogP contribution is 2.44. The summed E-state index contributed by atoms with van der Waals surface area (Å²) in [6, 6.07) is 44.4. The van der Waals surface area contributed by atoms with Crippen molar-refractivity contribution in [1.29, 1.82) is 0 Å². The number of para-hydroxylation sites is 2. The van der Waals surface area contributed by atoms with Gasteiger partial charge >= 0.3 is 0 Å². The number of aryl methyl sites for hydroxylation is 1. The van der Waals surface area contributed by atoms with Gasteiger partial charge in [0.25, 0.3) is 0 Å². The number of hydrogen-bond donors (Lipinski definition) is 0. The van der Waals surface area contributed by atoms with E-state index in [0.717, 1.165) is 22.5 Å². The van der Waals surface area contributed by atoms with Crippen LogP contribution in [0.5, 0.6) is 0 Å². The molecular formula is C40H33B5N2. The number of hydrogen-bond acceptors (Lipinski definition) is 1. The topological polar surface area (TPSA) is 17.8 Å². The Labute approximate surface area is 280 Å². The zero-order chi connectivity index (χ0) is 32.4. The molecule has 8 aromatic rings. The Balaban J connectivity index is 1.29. The van der Waals surface area contributed by atoms with Gasteiger partial charge in [-0.1, -0.05) is 108 Å². The summed E-state index contributed by atoms with van der Waals surface area (Å²) in [6.07, 6.45) is 0. The molecule has 8 rings (SSSR count). The highest BCUT2D eigenvalue weighted by atomic mass is 15.1. The minimum absolute atomic E-state index is 0.989. The quantitative estimate of drug-likeness (QED) is 0.225. The number of aromatic nitrogens is 2. The van der Waals surface area contributed by atoms with Crippen LogP contribution in [-0.2, 0) is 0 Å². The monoisotopic (exact) mass is 596 g/mol. The summed E-state index contributed by atoms with van der Waals surface area (Å²) in [6.45, 7) is 2.07. The fourth-order valence-corrected chi connectivity index (χ4v) is 7.74. The molecule has 7 heteroatoms. The van der Waals surface area contributed by atoms with Gasteiger partial charge in [-0.25, -0.2) is 4.98 Å². The van der Waals surface area contributed by atoms with Crippen LogP contribution in [0.25, 0.3) is 71.6 Å². The molecule has 2 nitrogen and oxygen atoms in total.